The van der Waals surface area contributed by atoms with Gasteiger partial charge in [0.25, 0.3) is 0 Å². The fourth-order valence-corrected chi connectivity index (χ4v) is 16.5. The second kappa shape index (κ2) is 16.9. The zero-order valence-corrected chi connectivity index (χ0v) is 35.4. The van der Waals surface area contributed by atoms with Crippen LogP contribution in [0.5, 0.6) is 0 Å². The van der Waals surface area contributed by atoms with Gasteiger partial charge in [-0.05, 0) is 0 Å². The zero-order valence-electron chi connectivity index (χ0n) is 32.7. The summed E-state index contributed by atoms with van der Waals surface area (Å²) in [4.78, 5) is 45.3. The number of rotatable bonds is 14. The van der Waals surface area contributed by atoms with E-state index in [1.165, 1.54) is 4.46 Å². The molecule has 5 rings (SSSR count). The summed E-state index contributed by atoms with van der Waals surface area (Å²) in [5, 5.41) is 0. The first-order valence-electron chi connectivity index (χ1n) is 19.8. The number of ketones is 1. The Balaban J connectivity index is 1.59. The van der Waals surface area contributed by atoms with E-state index in [2.05, 4.69) is 85.4 Å². The first-order valence-corrected chi connectivity index (χ1v) is 25.3. The van der Waals surface area contributed by atoms with Crippen LogP contribution in [-0.4, -0.2) is 53.0 Å². The molecule has 0 N–H and O–H groups in total. The van der Waals surface area contributed by atoms with Crippen molar-refractivity contribution in [3.8, 4) is 0 Å². The summed E-state index contributed by atoms with van der Waals surface area (Å²) in [5.41, 5.74) is -0.527. The third-order valence-electron chi connectivity index (χ3n) is 12.4. The first kappa shape index (κ1) is 40.0. The quantitative estimate of drug-likeness (QED) is 0.109. The number of hydrogen-bond donors (Lipinski definition) is 0. The minimum absolute atomic E-state index is 0.000270. The Bertz CT molecular complexity index is 1420. The number of hydrogen-bond acceptors (Lipinski definition) is 5. The Morgan fingerprint density at radius 1 is 0.745 bits per heavy atom. The van der Waals surface area contributed by atoms with E-state index in [0.717, 1.165) is 44.1 Å². The molecule has 3 saturated carbocycles. The topological polar surface area (TPSA) is 69.7 Å². The van der Waals surface area contributed by atoms with E-state index >= 15 is 9.59 Å². The van der Waals surface area contributed by atoms with Crippen molar-refractivity contribution >= 4 is 45.2 Å². The Morgan fingerprint density at radius 3 is 1.67 bits per heavy atom. The van der Waals surface area contributed by atoms with Gasteiger partial charge in [0, 0.05) is 0 Å². The molecule has 5 nitrogen and oxygen atoms in total. The van der Waals surface area contributed by atoms with E-state index in [-0.39, 0.29) is 55.6 Å². The van der Waals surface area contributed by atoms with Crippen molar-refractivity contribution in [2.45, 2.75) is 129 Å². The Kier molecular flexibility index (Phi) is 13.2. The molecular weight excluding hydrogens is 716 g/mol. The molecule has 51 heavy (non-hydrogen) atoms. The van der Waals surface area contributed by atoms with Gasteiger partial charge < -0.3 is 0 Å². The number of benzene rings is 2. The number of Topliss-reactive ketones (excluding diaryl/α,β-unsaturated/α-hetero) is 1. The van der Waals surface area contributed by atoms with Gasteiger partial charge in [-0.15, -0.1) is 0 Å². The van der Waals surface area contributed by atoms with Crippen LogP contribution in [0.15, 0.2) is 60.7 Å². The van der Waals surface area contributed by atoms with Crippen LogP contribution in [0.4, 0.5) is 0 Å². The first-order chi connectivity index (χ1) is 24.1. The van der Waals surface area contributed by atoms with Crippen LogP contribution >= 0.6 is 0 Å². The predicted octanol–water partition coefficient (Wildman–Crippen LogP) is 9.12. The average Bonchev–Trinajstić information content (AvgIpc) is 3.77. The number of esters is 2. The van der Waals surface area contributed by atoms with Crippen LogP contribution in [0.1, 0.15) is 92.1 Å². The van der Waals surface area contributed by atoms with Crippen molar-refractivity contribution in [3.63, 3.8) is 0 Å². The second-order valence-electron chi connectivity index (χ2n) is 18.1. The summed E-state index contributed by atoms with van der Waals surface area (Å²) in [7, 11) is -2.05. The van der Waals surface area contributed by atoms with Gasteiger partial charge in [-0.1, -0.05) is 0 Å². The Labute approximate surface area is 316 Å². The maximum atomic E-state index is 15.3. The number of aryl methyl sites for hydroxylation is 1. The molecule has 2 aromatic carbocycles. The van der Waals surface area contributed by atoms with Crippen LogP contribution in [0, 0.1) is 52.8 Å². The summed E-state index contributed by atoms with van der Waals surface area (Å²) >= 11 is -0.0453. The summed E-state index contributed by atoms with van der Waals surface area (Å²) < 4.78 is 14.7. The molecule has 9 atom stereocenters. The molecule has 0 amide bonds. The average molecular weight is 780 g/mol. The maximum absolute atomic E-state index is 15.3. The molecule has 3 aliphatic carbocycles. The van der Waals surface area contributed by atoms with E-state index in [4.69, 9.17) is 9.47 Å². The molecule has 280 valence electrons. The van der Waals surface area contributed by atoms with Crippen LogP contribution in [-0.2, 0) is 30.3 Å². The minimum atomic E-state index is -2.05. The predicted molar refractivity (Wildman–Crippen MR) is 211 cm³/mol. The normalized spacial score (nSPS) is 29.7. The monoisotopic (exact) mass is 780 g/mol. The van der Waals surface area contributed by atoms with Crippen molar-refractivity contribution in [1.29, 1.82) is 0 Å². The second-order valence-corrected chi connectivity index (χ2v) is 26.9. The van der Waals surface area contributed by atoms with Gasteiger partial charge >= 0.3 is 317 Å². The van der Waals surface area contributed by atoms with E-state index in [1.807, 2.05) is 36.4 Å². The Morgan fingerprint density at radius 2 is 1.22 bits per heavy atom. The van der Waals surface area contributed by atoms with Crippen LogP contribution < -0.4 is 4.46 Å². The molecule has 7 heteroatoms. The molecule has 0 bridgehead atoms. The van der Waals surface area contributed by atoms with Crippen molar-refractivity contribution in [2.24, 2.45) is 52.8 Å². The van der Waals surface area contributed by atoms with E-state index in [9.17, 15) is 4.79 Å². The van der Waals surface area contributed by atoms with E-state index in [0.29, 0.717) is 30.1 Å². The molecule has 3 aliphatic rings. The van der Waals surface area contributed by atoms with Crippen LogP contribution in [0.3, 0.4) is 0 Å². The zero-order chi connectivity index (χ0) is 37.1. The van der Waals surface area contributed by atoms with Gasteiger partial charge in [0.05, 0.1) is 0 Å². The van der Waals surface area contributed by atoms with Gasteiger partial charge in [-0.2, -0.15) is 0 Å². The number of ether oxygens (including phenoxy) is 2. The number of carbonyl (C=O) groups excluding carboxylic acids is 3. The molecule has 0 heterocycles. The Hall–Kier alpha value is -2.21. The summed E-state index contributed by atoms with van der Waals surface area (Å²) in [6, 6.07) is 20.5. The van der Waals surface area contributed by atoms with E-state index in [1.54, 1.807) is 0 Å². The molecule has 0 spiro atoms. The van der Waals surface area contributed by atoms with Crippen LogP contribution in [0.25, 0.3) is 0 Å². The molecule has 0 radical (unpaired) electrons. The van der Waals surface area contributed by atoms with Crippen molar-refractivity contribution in [3.05, 3.63) is 66.2 Å². The summed E-state index contributed by atoms with van der Waals surface area (Å²) in [6.07, 6.45) is 6.14. The third-order valence-corrected chi connectivity index (χ3v) is 21.8. The molecule has 0 saturated heterocycles. The number of carbonyl (C=O) groups is 3. The standard InChI is InChI=1S/C44H64O5SeSi/c1-28(2)34-23-20-30(5)26-37(34)48-42(46)44(43(47)49-38-27-31(6)21-24-35(38)29(3)4)39(36(45)25-22-32-16-12-10-13-17-32)40(44)41(51(7,8)9)50-33-18-14-11-15-19-33/h10-19,28-31,34-35,37-41H,20-27H2,1-9H3/t30-,31-,34+,35+,37-,38-,39-,40-,41-/m1/s1. The van der Waals surface area contributed by atoms with Gasteiger partial charge in [0.15, 0.2) is 0 Å². The molecule has 0 unspecified atom stereocenters. The summed E-state index contributed by atoms with van der Waals surface area (Å²) in [5.74, 6) is -0.107. The molecule has 0 aliphatic heterocycles. The SMILES string of the molecule is CC(C)[C@@H]1CC[C@@H](C)C[C@H]1OC(=O)C1(C(=O)O[C@@H]2C[C@H](C)CC[C@H]2C(C)C)[C@@H]([C@H]([Se]c2ccccc2)[Si](C)(C)C)[C@H]1C(=O)CCc1ccccc1. The molecular formula is C44H64O5SeSi. The van der Waals surface area contributed by atoms with Crippen LogP contribution in [0.2, 0.25) is 24.1 Å². The summed E-state index contributed by atoms with van der Waals surface area (Å²) in [6.45, 7) is 20.3. The van der Waals surface area contributed by atoms with Crippen molar-refractivity contribution in [2.75, 3.05) is 0 Å². The van der Waals surface area contributed by atoms with Gasteiger partial charge in [0.1, 0.15) is 0 Å². The fourth-order valence-electron chi connectivity index (χ4n) is 9.36. The molecule has 2 aromatic rings. The van der Waals surface area contributed by atoms with Gasteiger partial charge in [-0.25, -0.2) is 0 Å². The van der Waals surface area contributed by atoms with Crippen molar-refractivity contribution in [1.82, 2.24) is 0 Å². The van der Waals surface area contributed by atoms with Crippen molar-refractivity contribution < 1.29 is 23.9 Å². The van der Waals surface area contributed by atoms with E-state index < -0.39 is 37.3 Å². The molecule has 3 fully saturated rings. The van der Waals surface area contributed by atoms with Gasteiger partial charge in [0.2, 0.25) is 0 Å². The van der Waals surface area contributed by atoms with Gasteiger partial charge in [-0.3, -0.25) is 0 Å². The third kappa shape index (κ3) is 9.12. The molecule has 0 aromatic heterocycles. The fraction of sp³-hybridized carbons (Fsp3) is 0.659.